The van der Waals surface area contributed by atoms with Gasteiger partial charge in [0.1, 0.15) is 11.5 Å². The average Bonchev–Trinajstić information content (AvgIpc) is 2.92. The Morgan fingerprint density at radius 2 is 1.77 bits per heavy atom. The molecule has 2 aromatic carbocycles. The molecule has 1 saturated heterocycles. The Hall–Kier alpha value is -2.06. The van der Waals surface area contributed by atoms with Gasteiger partial charge in [-0.05, 0) is 42.3 Å². The van der Waals surface area contributed by atoms with Crippen molar-refractivity contribution in [3.63, 3.8) is 0 Å². The first kappa shape index (κ1) is 18.7. The van der Waals surface area contributed by atoms with Gasteiger partial charge in [0, 0.05) is 12.6 Å². The van der Waals surface area contributed by atoms with Crippen LogP contribution in [0.5, 0.6) is 11.5 Å². The SMILES string of the molecule is O=S1(=O)CC[C@H](NCc2cccc(Oc3cccc(C(F)(F)F)c3)c2)C1. The fourth-order valence-electron chi connectivity index (χ4n) is 2.81. The van der Waals surface area contributed by atoms with Crippen LogP contribution in [0, 0.1) is 0 Å². The topological polar surface area (TPSA) is 55.4 Å². The van der Waals surface area contributed by atoms with Crippen LogP contribution in [0.1, 0.15) is 17.5 Å². The highest BCUT2D eigenvalue weighted by Gasteiger charge is 2.30. The summed E-state index contributed by atoms with van der Waals surface area (Å²) < 4.78 is 66.8. The predicted octanol–water partition coefficient (Wildman–Crippen LogP) is 3.77. The van der Waals surface area contributed by atoms with Crippen LogP contribution in [0.25, 0.3) is 0 Å². The van der Waals surface area contributed by atoms with Crippen LogP contribution in [0.3, 0.4) is 0 Å². The Balaban J connectivity index is 1.64. The molecule has 0 saturated carbocycles. The fraction of sp³-hybridized carbons (Fsp3) is 0.333. The zero-order valence-corrected chi connectivity index (χ0v) is 14.6. The number of halogens is 3. The van der Waals surface area contributed by atoms with Crippen molar-refractivity contribution in [2.24, 2.45) is 0 Å². The van der Waals surface area contributed by atoms with Crippen molar-refractivity contribution in [1.82, 2.24) is 5.32 Å². The first-order valence-electron chi connectivity index (χ1n) is 8.09. The monoisotopic (exact) mass is 385 g/mol. The molecule has 1 atom stereocenters. The second-order valence-corrected chi connectivity index (χ2v) is 8.48. The van der Waals surface area contributed by atoms with Gasteiger partial charge in [0.05, 0.1) is 17.1 Å². The summed E-state index contributed by atoms with van der Waals surface area (Å²) in [6, 6.07) is 11.6. The van der Waals surface area contributed by atoms with E-state index >= 15 is 0 Å². The summed E-state index contributed by atoms with van der Waals surface area (Å²) in [5.74, 6) is 0.853. The zero-order chi connectivity index (χ0) is 18.8. The van der Waals surface area contributed by atoms with Gasteiger partial charge in [0.25, 0.3) is 0 Å². The van der Waals surface area contributed by atoms with E-state index < -0.39 is 21.6 Å². The molecule has 140 valence electrons. The van der Waals surface area contributed by atoms with Gasteiger partial charge in [-0.1, -0.05) is 18.2 Å². The second kappa shape index (κ2) is 7.28. The molecular weight excluding hydrogens is 367 g/mol. The summed E-state index contributed by atoms with van der Waals surface area (Å²) in [6.45, 7) is 0.458. The van der Waals surface area contributed by atoms with Crippen molar-refractivity contribution in [3.05, 3.63) is 59.7 Å². The molecule has 2 aromatic rings. The van der Waals surface area contributed by atoms with Crippen molar-refractivity contribution >= 4 is 9.84 Å². The molecule has 0 radical (unpaired) electrons. The molecule has 0 bridgehead atoms. The number of hydrogen-bond donors (Lipinski definition) is 1. The van der Waals surface area contributed by atoms with E-state index in [-0.39, 0.29) is 23.3 Å². The highest BCUT2D eigenvalue weighted by atomic mass is 32.2. The molecule has 0 amide bonds. The van der Waals surface area contributed by atoms with E-state index in [1.165, 1.54) is 12.1 Å². The molecule has 1 aliphatic heterocycles. The summed E-state index contributed by atoms with van der Waals surface area (Å²) in [6.07, 6.45) is -3.84. The van der Waals surface area contributed by atoms with Crippen LogP contribution in [-0.4, -0.2) is 26.0 Å². The van der Waals surface area contributed by atoms with E-state index in [4.69, 9.17) is 4.74 Å². The van der Waals surface area contributed by atoms with Crippen molar-refractivity contribution in [2.45, 2.75) is 25.2 Å². The van der Waals surface area contributed by atoms with Crippen molar-refractivity contribution in [2.75, 3.05) is 11.5 Å². The number of sulfone groups is 1. The first-order chi connectivity index (χ1) is 12.2. The van der Waals surface area contributed by atoms with Crippen molar-refractivity contribution in [1.29, 1.82) is 0 Å². The Bertz CT molecular complexity index is 881. The molecule has 0 unspecified atom stereocenters. The lowest BCUT2D eigenvalue weighted by Gasteiger charge is -2.13. The normalized spacial score (nSPS) is 19.4. The minimum absolute atomic E-state index is 0.0759. The molecule has 26 heavy (non-hydrogen) atoms. The minimum Gasteiger partial charge on any atom is -0.457 e. The van der Waals surface area contributed by atoms with Gasteiger partial charge in [0.2, 0.25) is 0 Å². The first-order valence-corrected chi connectivity index (χ1v) is 9.91. The highest BCUT2D eigenvalue weighted by molar-refractivity contribution is 7.91. The zero-order valence-electron chi connectivity index (χ0n) is 13.8. The van der Waals surface area contributed by atoms with E-state index in [1.807, 2.05) is 6.07 Å². The Morgan fingerprint density at radius 1 is 1.08 bits per heavy atom. The van der Waals surface area contributed by atoms with Crippen LogP contribution in [-0.2, 0) is 22.6 Å². The maximum absolute atomic E-state index is 12.8. The summed E-state index contributed by atoms with van der Waals surface area (Å²) in [5, 5.41) is 3.19. The van der Waals surface area contributed by atoms with Gasteiger partial charge in [-0.15, -0.1) is 0 Å². The molecule has 1 heterocycles. The lowest BCUT2D eigenvalue weighted by Crippen LogP contribution is -2.29. The summed E-state index contributed by atoms with van der Waals surface area (Å²) in [5.41, 5.74) is 0.0917. The summed E-state index contributed by atoms with van der Waals surface area (Å²) in [4.78, 5) is 0. The van der Waals surface area contributed by atoms with Gasteiger partial charge < -0.3 is 10.1 Å². The molecule has 3 rings (SSSR count). The lowest BCUT2D eigenvalue weighted by atomic mass is 10.2. The predicted molar refractivity (Wildman–Crippen MR) is 91.9 cm³/mol. The molecule has 8 heteroatoms. The number of ether oxygens (including phenoxy) is 1. The third-order valence-corrected chi connectivity index (χ3v) is 5.89. The van der Waals surface area contributed by atoms with Gasteiger partial charge in [-0.25, -0.2) is 8.42 Å². The van der Waals surface area contributed by atoms with E-state index in [1.54, 1.807) is 18.2 Å². The second-order valence-electron chi connectivity index (χ2n) is 6.26. The van der Waals surface area contributed by atoms with E-state index in [2.05, 4.69) is 5.32 Å². The number of alkyl halides is 3. The molecule has 0 aliphatic carbocycles. The molecule has 1 aliphatic rings. The molecule has 0 spiro atoms. The molecule has 1 N–H and O–H groups in total. The average molecular weight is 385 g/mol. The molecule has 0 aromatic heterocycles. The largest absolute Gasteiger partial charge is 0.457 e. The fourth-order valence-corrected chi connectivity index (χ4v) is 4.52. The highest BCUT2D eigenvalue weighted by Crippen LogP contribution is 2.32. The van der Waals surface area contributed by atoms with E-state index in [0.717, 1.165) is 17.7 Å². The molecular formula is C18H18F3NO3S. The van der Waals surface area contributed by atoms with Gasteiger partial charge >= 0.3 is 6.18 Å². The van der Waals surface area contributed by atoms with Crippen LogP contribution in [0.4, 0.5) is 13.2 Å². The maximum atomic E-state index is 12.8. The minimum atomic E-state index is -4.42. The lowest BCUT2D eigenvalue weighted by molar-refractivity contribution is -0.137. The Labute approximate surface area is 149 Å². The van der Waals surface area contributed by atoms with Crippen molar-refractivity contribution < 1.29 is 26.3 Å². The van der Waals surface area contributed by atoms with E-state index in [9.17, 15) is 21.6 Å². The third kappa shape index (κ3) is 4.98. The summed E-state index contributed by atoms with van der Waals surface area (Å²) in [7, 11) is -2.94. The number of hydrogen-bond acceptors (Lipinski definition) is 4. The van der Waals surface area contributed by atoms with Gasteiger partial charge in [0.15, 0.2) is 9.84 Å². The molecule has 1 fully saturated rings. The smallest absolute Gasteiger partial charge is 0.416 e. The Morgan fingerprint density at radius 3 is 2.42 bits per heavy atom. The van der Waals surface area contributed by atoms with Crippen LogP contribution < -0.4 is 10.1 Å². The number of rotatable bonds is 5. The maximum Gasteiger partial charge on any atom is 0.416 e. The quantitative estimate of drug-likeness (QED) is 0.851. The Kier molecular flexibility index (Phi) is 5.24. The van der Waals surface area contributed by atoms with Crippen LogP contribution in [0.15, 0.2) is 48.5 Å². The summed E-state index contributed by atoms with van der Waals surface area (Å²) >= 11 is 0. The van der Waals surface area contributed by atoms with Crippen LogP contribution in [0.2, 0.25) is 0 Å². The van der Waals surface area contributed by atoms with Gasteiger partial charge in [-0.2, -0.15) is 13.2 Å². The number of benzene rings is 2. The van der Waals surface area contributed by atoms with Crippen molar-refractivity contribution in [3.8, 4) is 11.5 Å². The number of nitrogens with one attached hydrogen (secondary N) is 1. The third-order valence-electron chi connectivity index (χ3n) is 4.12. The van der Waals surface area contributed by atoms with Gasteiger partial charge in [-0.3, -0.25) is 0 Å². The van der Waals surface area contributed by atoms with Crippen LogP contribution >= 0.6 is 0 Å². The van der Waals surface area contributed by atoms with E-state index in [0.29, 0.717) is 18.7 Å². The standard InChI is InChI=1S/C18H18F3NO3S/c19-18(20,21)14-4-2-6-17(10-14)25-16-5-1-3-13(9-16)11-22-15-7-8-26(23,24)12-15/h1-6,9-10,15,22H,7-8,11-12H2/t15-/m0/s1. The molecule has 4 nitrogen and oxygen atoms in total.